The summed E-state index contributed by atoms with van der Waals surface area (Å²) in [6.07, 6.45) is 0. The second-order valence-corrected chi connectivity index (χ2v) is 7.28. The number of carbonyl (C=O) groups is 1. The molecule has 1 aromatic heterocycles. The lowest BCUT2D eigenvalue weighted by molar-refractivity contribution is -0.115. The number of nitrogens with one attached hydrogen (secondary N) is 2. The van der Waals surface area contributed by atoms with E-state index in [0.717, 1.165) is 5.56 Å². The monoisotopic (exact) mass is 392 g/mol. The Morgan fingerprint density at radius 1 is 1.16 bits per heavy atom. The van der Waals surface area contributed by atoms with Gasteiger partial charge in [-0.2, -0.15) is 0 Å². The van der Waals surface area contributed by atoms with Gasteiger partial charge in [-0.05, 0) is 19.1 Å². The lowest BCUT2D eigenvalue weighted by Crippen LogP contribution is -2.22. The van der Waals surface area contributed by atoms with Crippen LogP contribution in [0.1, 0.15) is 6.92 Å². The van der Waals surface area contributed by atoms with Crippen molar-refractivity contribution in [3.8, 4) is 11.4 Å². The molecule has 1 amide bonds. The smallest absolute Gasteiger partial charge is 0.237 e. The van der Waals surface area contributed by atoms with Crippen LogP contribution >= 0.6 is 35.0 Å². The van der Waals surface area contributed by atoms with Crippen molar-refractivity contribution in [2.45, 2.75) is 17.3 Å². The van der Waals surface area contributed by atoms with Gasteiger partial charge in [0.15, 0.2) is 5.82 Å². The van der Waals surface area contributed by atoms with Gasteiger partial charge in [0.2, 0.25) is 11.1 Å². The number of hydrogen-bond donors (Lipinski definition) is 2. The Bertz CT molecular complexity index is 885. The van der Waals surface area contributed by atoms with Crippen LogP contribution in [-0.4, -0.2) is 26.3 Å². The molecule has 1 unspecified atom stereocenters. The van der Waals surface area contributed by atoms with E-state index in [1.807, 2.05) is 30.3 Å². The number of thioether (sulfide) groups is 1. The first-order valence-electron chi connectivity index (χ1n) is 7.44. The van der Waals surface area contributed by atoms with Crippen LogP contribution in [0.15, 0.2) is 53.7 Å². The molecule has 0 aliphatic heterocycles. The molecule has 0 saturated heterocycles. The maximum absolute atomic E-state index is 12.4. The molecule has 8 heteroatoms. The number of halogens is 2. The van der Waals surface area contributed by atoms with E-state index in [0.29, 0.717) is 26.7 Å². The summed E-state index contributed by atoms with van der Waals surface area (Å²) in [7, 11) is 0. The van der Waals surface area contributed by atoms with Gasteiger partial charge in [0.05, 0.1) is 21.0 Å². The second kappa shape index (κ2) is 7.91. The number of H-pyrrole nitrogens is 1. The van der Waals surface area contributed by atoms with E-state index in [1.54, 1.807) is 25.1 Å². The van der Waals surface area contributed by atoms with E-state index in [-0.39, 0.29) is 5.91 Å². The average molecular weight is 393 g/mol. The minimum absolute atomic E-state index is 0.208. The number of aromatic nitrogens is 3. The van der Waals surface area contributed by atoms with Crippen molar-refractivity contribution >= 4 is 46.6 Å². The molecular weight excluding hydrogens is 379 g/mol. The van der Waals surface area contributed by atoms with Crippen molar-refractivity contribution < 1.29 is 4.79 Å². The molecule has 25 heavy (non-hydrogen) atoms. The van der Waals surface area contributed by atoms with E-state index in [9.17, 15) is 4.79 Å². The standard InChI is InChI=1S/C17H14Cl2N4OS/c1-10(16(24)20-13-9-5-8-12(18)14(13)19)25-17-21-15(22-23-17)11-6-3-2-4-7-11/h2-10H,1H3,(H,20,24)(H,21,22,23). The summed E-state index contributed by atoms with van der Waals surface area (Å²) < 4.78 is 0. The summed E-state index contributed by atoms with van der Waals surface area (Å²) in [4.78, 5) is 16.8. The predicted octanol–water partition coefficient (Wildman–Crippen LogP) is 4.90. The molecule has 0 bridgehead atoms. The van der Waals surface area contributed by atoms with Crippen molar-refractivity contribution in [1.29, 1.82) is 0 Å². The Balaban J connectivity index is 1.66. The van der Waals surface area contributed by atoms with Gasteiger partial charge in [-0.25, -0.2) is 4.98 Å². The normalized spacial score (nSPS) is 12.0. The molecule has 1 atom stereocenters. The maximum atomic E-state index is 12.4. The van der Waals surface area contributed by atoms with Gasteiger partial charge in [-0.1, -0.05) is 71.4 Å². The van der Waals surface area contributed by atoms with Crippen LogP contribution in [0.25, 0.3) is 11.4 Å². The largest absolute Gasteiger partial charge is 0.324 e. The van der Waals surface area contributed by atoms with Crippen molar-refractivity contribution in [3.63, 3.8) is 0 Å². The Morgan fingerprint density at radius 2 is 1.92 bits per heavy atom. The highest BCUT2D eigenvalue weighted by Crippen LogP contribution is 2.30. The molecule has 1 heterocycles. The van der Waals surface area contributed by atoms with Crippen LogP contribution in [0, 0.1) is 0 Å². The number of hydrogen-bond acceptors (Lipinski definition) is 4. The van der Waals surface area contributed by atoms with Gasteiger partial charge in [0, 0.05) is 5.56 Å². The third-order valence-corrected chi connectivity index (χ3v) is 5.15. The topological polar surface area (TPSA) is 70.7 Å². The quantitative estimate of drug-likeness (QED) is 0.605. The van der Waals surface area contributed by atoms with Crippen molar-refractivity contribution in [2.75, 3.05) is 5.32 Å². The molecule has 3 rings (SSSR count). The van der Waals surface area contributed by atoms with E-state index in [1.165, 1.54) is 11.8 Å². The van der Waals surface area contributed by atoms with Crippen molar-refractivity contribution in [3.05, 3.63) is 58.6 Å². The van der Waals surface area contributed by atoms with Gasteiger partial charge in [-0.15, -0.1) is 5.10 Å². The SMILES string of the molecule is CC(Sc1n[nH]c(-c2ccccc2)n1)C(=O)Nc1cccc(Cl)c1Cl. The van der Waals surface area contributed by atoms with E-state index in [2.05, 4.69) is 20.5 Å². The van der Waals surface area contributed by atoms with Crippen LogP contribution < -0.4 is 5.32 Å². The van der Waals surface area contributed by atoms with Crippen LogP contribution in [0.3, 0.4) is 0 Å². The fourth-order valence-electron chi connectivity index (χ4n) is 2.07. The lowest BCUT2D eigenvalue weighted by atomic mass is 10.2. The molecule has 0 fully saturated rings. The third kappa shape index (κ3) is 4.34. The minimum Gasteiger partial charge on any atom is -0.324 e. The van der Waals surface area contributed by atoms with Crippen molar-refractivity contribution in [1.82, 2.24) is 15.2 Å². The molecule has 2 aromatic carbocycles. The first kappa shape index (κ1) is 17.8. The van der Waals surface area contributed by atoms with Gasteiger partial charge in [-0.3, -0.25) is 9.89 Å². The van der Waals surface area contributed by atoms with Crippen LogP contribution in [0.4, 0.5) is 5.69 Å². The molecule has 3 aromatic rings. The Hall–Kier alpha value is -2.02. The lowest BCUT2D eigenvalue weighted by Gasteiger charge is -2.11. The average Bonchev–Trinajstić information content (AvgIpc) is 3.08. The second-order valence-electron chi connectivity index (χ2n) is 5.18. The molecule has 0 aliphatic rings. The summed E-state index contributed by atoms with van der Waals surface area (Å²) in [5.74, 6) is 0.453. The highest BCUT2D eigenvalue weighted by atomic mass is 35.5. The Labute approximate surface area is 159 Å². The van der Waals surface area contributed by atoms with E-state index in [4.69, 9.17) is 23.2 Å². The Morgan fingerprint density at radius 3 is 2.68 bits per heavy atom. The summed E-state index contributed by atoms with van der Waals surface area (Å²) in [5.41, 5.74) is 1.41. The van der Waals surface area contributed by atoms with Gasteiger partial charge >= 0.3 is 0 Å². The number of aromatic amines is 1. The first-order valence-corrected chi connectivity index (χ1v) is 9.07. The molecule has 128 valence electrons. The minimum atomic E-state index is -0.408. The number of anilines is 1. The molecular formula is C17H14Cl2N4OS. The fraction of sp³-hybridized carbons (Fsp3) is 0.118. The van der Waals surface area contributed by atoms with Gasteiger partial charge in [0.25, 0.3) is 0 Å². The fourth-order valence-corrected chi connectivity index (χ4v) is 3.14. The number of amides is 1. The summed E-state index contributed by atoms with van der Waals surface area (Å²) in [6.45, 7) is 1.77. The van der Waals surface area contributed by atoms with Crippen LogP contribution in [0.2, 0.25) is 10.0 Å². The number of carbonyl (C=O) groups excluding carboxylic acids is 1. The molecule has 0 spiro atoms. The van der Waals surface area contributed by atoms with E-state index >= 15 is 0 Å². The van der Waals surface area contributed by atoms with E-state index < -0.39 is 5.25 Å². The number of rotatable bonds is 5. The molecule has 0 aliphatic carbocycles. The zero-order valence-corrected chi connectivity index (χ0v) is 15.5. The highest BCUT2D eigenvalue weighted by Gasteiger charge is 2.19. The molecule has 0 radical (unpaired) electrons. The maximum Gasteiger partial charge on any atom is 0.237 e. The van der Waals surface area contributed by atoms with Gasteiger partial charge < -0.3 is 5.32 Å². The zero-order valence-electron chi connectivity index (χ0n) is 13.2. The molecule has 5 nitrogen and oxygen atoms in total. The number of nitrogens with zero attached hydrogens (tertiary/aromatic N) is 2. The van der Waals surface area contributed by atoms with Gasteiger partial charge in [0.1, 0.15) is 0 Å². The summed E-state index contributed by atoms with van der Waals surface area (Å²) in [5, 5.41) is 10.6. The Kier molecular flexibility index (Phi) is 5.63. The first-order chi connectivity index (χ1) is 12.0. The highest BCUT2D eigenvalue weighted by molar-refractivity contribution is 8.00. The van der Waals surface area contributed by atoms with Crippen molar-refractivity contribution in [2.24, 2.45) is 0 Å². The molecule has 0 saturated carbocycles. The predicted molar refractivity (Wildman–Crippen MR) is 102 cm³/mol. The summed E-state index contributed by atoms with van der Waals surface area (Å²) >= 11 is 13.3. The number of benzene rings is 2. The molecule has 2 N–H and O–H groups in total. The zero-order chi connectivity index (χ0) is 17.8. The third-order valence-electron chi connectivity index (χ3n) is 3.37. The van der Waals surface area contributed by atoms with Crippen LogP contribution in [0.5, 0.6) is 0 Å². The summed E-state index contributed by atoms with van der Waals surface area (Å²) in [6, 6.07) is 14.7. The van der Waals surface area contributed by atoms with Crippen LogP contribution in [-0.2, 0) is 4.79 Å².